The van der Waals surface area contributed by atoms with Gasteiger partial charge in [0.25, 0.3) is 0 Å². The second-order valence-corrected chi connectivity index (χ2v) is 1.99. The third-order valence-electron chi connectivity index (χ3n) is 0.966. The zero-order chi connectivity index (χ0) is 10.3. The van der Waals surface area contributed by atoms with E-state index in [4.69, 9.17) is 27.6 Å². The van der Waals surface area contributed by atoms with Gasteiger partial charge in [-0.3, -0.25) is 0 Å². The Morgan fingerprint density at radius 3 is 1.54 bits per heavy atom. The number of hydrogen-bond donors (Lipinski definition) is 0. The molecule has 0 amide bonds. The number of benzene rings is 1. The molecule has 1 aromatic carbocycles. The zero-order valence-corrected chi connectivity index (χ0v) is 6.60. The van der Waals surface area contributed by atoms with Gasteiger partial charge in [-0.2, -0.15) is 0 Å². The Labute approximate surface area is 76.2 Å². The molecule has 0 radical (unpaired) electrons. The molecule has 0 atom stereocenters. The molecule has 0 aliphatic carbocycles. The van der Waals surface area contributed by atoms with E-state index in [1.807, 2.05) is 30.3 Å². The Kier molecular flexibility index (Phi) is 5.03. The van der Waals surface area contributed by atoms with Crippen LogP contribution in [0.3, 0.4) is 0 Å². The van der Waals surface area contributed by atoms with Gasteiger partial charge in [-0.05, 0) is 0 Å². The van der Waals surface area contributed by atoms with Gasteiger partial charge >= 0.3 is 43.6 Å². The Bertz CT molecular complexity index is 271. The van der Waals surface area contributed by atoms with Gasteiger partial charge in [0.15, 0.2) is 0 Å². The molecule has 0 bridgehead atoms. The normalized spacial score (nSPS) is 8.15. The molecule has 5 heteroatoms. The Morgan fingerprint density at radius 1 is 1.00 bits per heavy atom. The molecule has 0 saturated heterocycles. The fraction of sp³-hybridized carbons (Fsp3) is 0. The molecule has 4 nitrogen and oxygen atoms in total. The van der Waals surface area contributed by atoms with Crippen LogP contribution in [0.5, 0.6) is 0 Å². The van der Waals surface area contributed by atoms with Crippen molar-refractivity contribution in [1.29, 1.82) is 0 Å². The van der Waals surface area contributed by atoms with E-state index >= 15 is 0 Å². The standard InChI is InChI=1S/C6H5B.C2H2O4/c7-6-4-2-1-3-5-6;3-1(4)2(5)6/h1-5H;(H,3,4)(H,5,6)/q+2;/p-2. The first kappa shape index (κ1) is 11.2. The van der Waals surface area contributed by atoms with E-state index in [2.05, 4.69) is 0 Å². The monoisotopic (exact) mass is 176 g/mol. The molecule has 64 valence electrons. The van der Waals surface area contributed by atoms with Crippen molar-refractivity contribution in [3.05, 3.63) is 30.3 Å². The second kappa shape index (κ2) is 5.82. The van der Waals surface area contributed by atoms with Crippen molar-refractivity contribution in [2.24, 2.45) is 0 Å². The summed E-state index contributed by atoms with van der Waals surface area (Å²) in [5, 5.41) is 17.9. The van der Waals surface area contributed by atoms with E-state index in [1.54, 1.807) is 0 Å². The summed E-state index contributed by atoms with van der Waals surface area (Å²) in [5.74, 6) is -4.37. The molecule has 1 aromatic rings. The topological polar surface area (TPSA) is 80.3 Å². The summed E-state index contributed by atoms with van der Waals surface area (Å²) in [7, 11) is 5.36. The van der Waals surface area contributed by atoms with Gasteiger partial charge in [0.1, 0.15) is 0 Å². The van der Waals surface area contributed by atoms with Crippen LogP contribution in [0.4, 0.5) is 0 Å². The van der Waals surface area contributed by atoms with Gasteiger partial charge in [0.2, 0.25) is 0 Å². The van der Waals surface area contributed by atoms with E-state index in [9.17, 15) is 0 Å². The van der Waals surface area contributed by atoms with Crippen molar-refractivity contribution in [2.75, 3.05) is 0 Å². The van der Waals surface area contributed by atoms with Gasteiger partial charge in [-0.15, -0.1) is 0 Å². The molecule has 0 fully saturated rings. The van der Waals surface area contributed by atoms with E-state index in [1.165, 1.54) is 0 Å². The minimum absolute atomic E-state index is 0.822. The van der Waals surface area contributed by atoms with Crippen molar-refractivity contribution in [2.45, 2.75) is 0 Å². The number of carboxylic acids is 2. The van der Waals surface area contributed by atoms with Gasteiger partial charge in [-0.25, -0.2) is 0 Å². The average Bonchev–Trinajstić information content (AvgIpc) is 2.06. The number of aliphatic carboxylic acids is 2. The summed E-state index contributed by atoms with van der Waals surface area (Å²) in [5.41, 5.74) is 0.822. The van der Waals surface area contributed by atoms with E-state index < -0.39 is 11.9 Å². The molecule has 0 heterocycles. The minimum atomic E-state index is -2.19. The molecule has 0 spiro atoms. The van der Waals surface area contributed by atoms with Crippen LogP contribution in [-0.4, -0.2) is 19.8 Å². The second-order valence-electron chi connectivity index (χ2n) is 1.99. The SMILES string of the molecule is O=C([O-])C(=O)[O-].[B+2]c1ccccc1. The third kappa shape index (κ3) is 6.62. The van der Waals surface area contributed by atoms with Gasteiger partial charge in [0, 0.05) is 0 Å². The maximum atomic E-state index is 8.93. The number of carbonyl (C=O) groups is 2. The van der Waals surface area contributed by atoms with Crippen LogP contribution in [0.1, 0.15) is 0 Å². The molecule has 0 unspecified atom stereocenters. The predicted molar refractivity (Wildman–Crippen MR) is 41.8 cm³/mol. The number of rotatable bonds is 0. The van der Waals surface area contributed by atoms with Crippen LogP contribution < -0.4 is 15.7 Å². The van der Waals surface area contributed by atoms with Crippen LogP contribution in [0.15, 0.2) is 30.3 Å². The molecule has 13 heavy (non-hydrogen) atoms. The molecule has 0 N–H and O–H groups in total. The van der Waals surface area contributed by atoms with Crippen molar-refractivity contribution < 1.29 is 19.8 Å². The number of carbonyl (C=O) groups excluding carboxylic acids is 2. The summed E-state index contributed by atoms with van der Waals surface area (Å²) in [6, 6.07) is 9.49. The Morgan fingerprint density at radius 2 is 1.38 bits per heavy atom. The summed E-state index contributed by atoms with van der Waals surface area (Å²) in [6.45, 7) is 0. The molecule has 0 aliphatic heterocycles. The molecule has 1 rings (SSSR count). The molecule has 0 aromatic heterocycles. The third-order valence-corrected chi connectivity index (χ3v) is 0.966. The van der Waals surface area contributed by atoms with Crippen LogP contribution in [0.25, 0.3) is 0 Å². The Balaban J connectivity index is 0.000000226. The van der Waals surface area contributed by atoms with Gasteiger partial charge in [-0.1, -0.05) is 0 Å². The van der Waals surface area contributed by atoms with Crippen LogP contribution in [-0.2, 0) is 9.59 Å². The summed E-state index contributed by atoms with van der Waals surface area (Å²) in [6.07, 6.45) is 0. The average molecular weight is 176 g/mol. The number of carboxylic acid groups (broad SMARTS) is 2. The first-order valence-electron chi connectivity index (χ1n) is 3.27. The van der Waals surface area contributed by atoms with Gasteiger partial charge in [0.05, 0.1) is 11.9 Å². The molecule has 0 saturated carbocycles. The van der Waals surface area contributed by atoms with Gasteiger partial charge < -0.3 is 19.8 Å². The first-order chi connectivity index (χ1) is 6.04. The molecule has 0 aliphatic rings. The van der Waals surface area contributed by atoms with Crippen molar-refractivity contribution in [1.82, 2.24) is 0 Å². The Hall–Kier alpha value is -1.78. The van der Waals surface area contributed by atoms with Crippen LogP contribution >= 0.6 is 0 Å². The fourth-order valence-electron chi connectivity index (χ4n) is 0.453. The van der Waals surface area contributed by atoms with Crippen molar-refractivity contribution in [3.63, 3.8) is 0 Å². The van der Waals surface area contributed by atoms with E-state index in [-0.39, 0.29) is 0 Å². The predicted octanol–water partition coefficient (Wildman–Crippen LogP) is -3.03. The summed E-state index contributed by atoms with van der Waals surface area (Å²) < 4.78 is 0. The first-order valence-corrected chi connectivity index (χ1v) is 3.27. The summed E-state index contributed by atoms with van der Waals surface area (Å²) >= 11 is 0. The van der Waals surface area contributed by atoms with Crippen molar-refractivity contribution in [3.8, 4) is 0 Å². The fourth-order valence-corrected chi connectivity index (χ4v) is 0.453. The van der Waals surface area contributed by atoms with Crippen LogP contribution in [0.2, 0.25) is 0 Å². The van der Waals surface area contributed by atoms with Crippen LogP contribution in [0, 0.1) is 0 Å². The number of hydrogen-bond acceptors (Lipinski definition) is 4. The zero-order valence-electron chi connectivity index (χ0n) is 6.60. The maximum absolute atomic E-state index is 8.93. The van der Waals surface area contributed by atoms with Crippen molar-refractivity contribution >= 4 is 25.2 Å². The quantitative estimate of drug-likeness (QED) is 0.311. The van der Waals surface area contributed by atoms with E-state index in [0.717, 1.165) is 5.46 Å². The summed E-state index contributed by atoms with van der Waals surface area (Å²) in [4.78, 5) is 17.9. The van der Waals surface area contributed by atoms with E-state index in [0.29, 0.717) is 0 Å². The molecular formula is C8H5BO4. The molecular weight excluding hydrogens is 171 g/mol.